The monoisotopic (exact) mass is 290 g/mol. The first-order chi connectivity index (χ1) is 9.97. The lowest BCUT2D eigenvalue weighted by Crippen LogP contribution is -2.37. The van der Waals surface area contributed by atoms with E-state index < -0.39 is 6.10 Å². The van der Waals surface area contributed by atoms with Gasteiger partial charge in [-0.05, 0) is 45.0 Å². The molecule has 0 aliphatic carbocycles. The van der Waals surface area contributed by atoms with E-state index in [0.29, 0.717) is 18.7 Å². The van der Waals surface area contributed by atoms with Crippen molar-refractivity contribution in [3.05, 3.63) is 35.4 Å². The molecule has 2 atom stereocenters. The van der Waals surface area contributed by atoms with Gasteiger partial charge in [0.25, 0.3) is 0 Å². The number of aliphatic hydroxyl groups is 1. The highest BCUT2D eigenvalue weighted by Crippen LogP contribution is 2.20. The molecule has 4 nitrogen and oxygen atoms in total. The van der Waals surface area contributed by atoms with Gasteiger partial charge in [-0.3, -0.25) is 4.90 Å². The number of aliphatic hydroxyl groups excluding tert-OH is 1. The maximum Gasteiger partial charge on any atom is 0.0991 e. The maximum absolute atomic E-state index is 10.1. The van der Waals surface area contributed by atoms with E-state index in [2.05, 4.69) is 24.8 Å². The van der Waals surface area contributed by atoms with Crippen molar-refractivity contribution >= 4 is 0 Å². The number of ether oxygens (including phenoxy) is 1. The summed E-state index contributed by atoms with van der Waals surface area (Å²) in [7, 11) is 0. The Balaban J connectivity index is 2.63. The molecule has 0 spiro atoms. The Morgan fingerprint density at radius 3 is 2.33 bits per heavy atom. The molecule has 0 aliphatic heterocycles. The van der Waals surface area contributed by atoms with Crippen LogP contribution in [0.5, 0.6) is 0 Å². The van der Waals surface area contributed by atoms with Crippen LogP contribution in [0.4, 0.5) is 0 Å². The molecule has 1 rings (SSSR count). The van der Waals surface area contributed by atoms with Crippen LogP contribution < -0.4 is 0 Å². The molecule has 21 heavy (non-hydrogen) atoms. The van der Waals surface area contributed by atoms with Crippen LogP contribution in [0.3, 0.4) is 0 Å². The third-order valence-corrected chi connectivity index (χ3v) is 3.54. The fraction of sp³-hybridized carbons (Fsp3) is 0.588. The lowest BCUT2D eigenvalue weighted by molar-refractivity contribution is -0.0126. The quantitative estimate of drug-likeness (QED) is 0.800. The second-order valence-corrected chi connectivity index (χ2v) is 5.53. The minimum absolute atomic E-state index is 0.130. The van der Waals surface area contributed by atoms with Crippen LogP contribution in [-0.2, 0) is 4.74 Å². The van der Waals surface area contributed by atoms with Gasteiger partial charge in [0, 0.05) is 12.6 Å². The molecule has 0 aromatic heterocycles. The first-order valence-corrected chi connectivity index (χ1v) is 7.51. The Morgan fingerprint density at radius 2 is 1.86 bits per heavy atom. The molecule has 116 valence electrons. The van der Waals surface area contributed by atoms with E-state index in [1.165, 1.54) is 0 Å². The highest BCUT2D eigenvalue weighted by atomic mass is 16.5. The zero-order valence-corrected chi connectivity index (χ0v) is 13.4. The third-order valence-electron chi connectivity index (χ3n) is 3.54. The fourth-order valence-corrected chi connectivity index (χ4v) is 2.23. The van der Waals surface area contributed by atoms with Gasteiger partial charge in [-0.25, -0.2) is 0 Å². The maximum atomic E-state index is 10.1. The molecule has 1 aromatic rings. The number of hydrogen-bond acceptors (Lipinski definition) is 4. The minimum Gasteiger partial charge on any atom is -0.389 e. The standard InChI is InChI=1S/C17H26N2O2/c1-5-19(11-17(20)12-21-13(2)3)14(4)16-8-6-15(10-18)7-9-16/h6-9,13-14,17,20H,5,11-12H2,1-4H3. The lowest BCUT2D eigenvalue weighted by Gasteiger charge is -2.30. The van der Waals surface area contributed by atoms with Crippen molar-refractivity contribution in [2.24, 2.45) is 0 Å². The van der Waals surface area contributed by atoms with Gasteiger partial charge in [-0.2, -0.15) is 5.26 Å². The second-order valence-electron chi connectivity index (χ2n) is 5.53. The molecular formula is C17H26N2O2. The number of nitrogens with zero attached hydrogens (tertiary/aromatic N) is 2. The normalized spacial score (nSPS) is 14.2. The molecule has 0 saturated heterocycles. The Hall–Kier alpha value is -1.41. The Morgan fingerprint density at radius 1 is 1.24 bits per heavy atom. The molecule has 4 heteroatoms. The molecule has 0 aliphatic rings. The second kappa shape index (κ2) is 8.78. The molecule has 0 bridgehead atoms. The Kier molecular flexibility index (Phi) is 7.38. The SMILES string of the molecule is CCN(CC(O)COC(C)C)C(C)c1ccc(C#N)cc1. The van der Waals surface area contributed by atoms with Crippen molar-refractivity contribution in [1.82, 2.24) is 4.90 Å². The Bertz CT molecular complexity index is 451. The molecule has 1 aromatic carbocycles. The van der Waals surface area contributed by atoms with Gasteiger partial charge in [0.05, 0.1) is 30.4 Å². The minimum atomic E-state index is -0.492. The summed E-state index contributed by atoms with van der Waals surface area (Å²) in [6.45, 7) is 9.89. The van der Waals surface area contributed by atoms with Crippen molar-refractivity contribution < 1.29 is 9.84 Å². The van der Waals surface area contributed by atoms with E-state index in [-0.39, 0.29) is 12.1 Å². The summed E-state index contributed by atoms with van der Waals surface area (Å²) in [5, 5.41) is 18.9. The van der Waals surface area contributed by atoms with E-state index in [1.54, 1.807) is 0 Å². The summed E-state index contributed by atoms with van der Waals surface area (Å²) in [5.74, 6) is 0. The number of rotatable bonds is 8. The van der Waals surface area contributed by atoms with E-state index in [0.717, 1.165) is 12.1 Å². The number of benzene rings is 1. The predicted octanol–water partition coefficient (Wildman–Crippen LogP) is 2.73. The summed E-state index contributed by atoms with van der Waals surface area (Å²) in [6.07, 6.45) is -0.362. The van der Waals surface area contributed by atoms with Crippen LogP contribution in [-0.4, -0.2) is 41.9 Å². The molecule has 0 saturated carbocycles. The fourth-order valence-electron chi connectivity index (χ4n) is 2.23. The van der Waals surface area contributed by atoms with Crippen LogP contribution in [0.15, 0.2) is 24.3 Å². The summed E-state index contributed by atoms with van der Waals surface area (Å²) in [4.78, 5) is 2.20. The summed E-state index contributed by atoms with van der Waals surface area (Å²) >= 11 is 0. The number of likely N-dealkylation sites (N-methyl/N-ethyl adjacent to an activating group) is 1. The molecule has 0 fully saturated rings. The third kappa shape index (κ3) is 5.84. The van der Waals surface area contributed by atoms with E-state index in [9.17, 15) is 5.11 Å². The first kappa shape index (κ1) is 17.6. The van der Waals surface area contributed by atoms with Gasteiger partial charge in [0.1, 0.15) is 0 Å². The zero-order valence-electron chi connectivity index (χ0n) is 13.4. The number of hydrogen-bond donors (Lipinski definition) is 1. The van der Waals surface area contributed by atoms with Crippen LogP contribution >= 0.6 is 0 Å². The molecule has 0 amide bonds. The predicted molar refractivity (Wildman–Crippen MR) is 83.9 cm³/mol. The largest absolute Gasteiger partial charge is 0.389 e. The smallest absolute Gasteiger partial charge is 0.0991 e. The van der Waals surface area contributed by atoms with Crippen molar-refractivity contribution in [1.29, 1.82) is 5.26 Å². The molecule has 0 heterocycles. The van der Waals surface area contributed by atoms with Gasteiger partial charge in [0.15, 0.2) is 0 Å². The van der Waals surface area contributed by atoms with Gasteiger partial charge < -0.3 is 9.84 Å². The van der Waals surface area contributed by atoms with Crippen molar-refractivity contribution in [2.75, 3.05) is 19.7 Å². The van der Waals surface area contributed by atoms with Crippen molar-refractivity contribution in [2.45, 2.75) is 45.9 Å². The van der Waals surface area contributed by atoms with Crippen LogP contribution in [0.2, 0.25) is 0 Å². The summed E-state index contributed by atoms with van der Waals surface area (Å²) in [5.41, 5.74) is 1.81. The Labute approximate surface area is 128 Å². The van der Waals surface area contributed by atoms with Gasteiger partial charge in [-0.15, -0.1) is 0 Å². The number of nitriles is 1. The van der Waals surface area contributed by atoms with Gasteiger partial charge in [-0.1, -0.05) is 19.1 Å². The lowest BCUT2D eigenvalue weighted by atomic mass is 10.0. The van der Waals surface area contributed by atoms with Gasteiger partial charge >= 0.3 is 0 Å². The average molecular weight is 290 g/mol. The van der Waals surface area contributed by atoms with Gasteiger partial charge in [0.2, 0.25) is 0 Å². The van der Waals surface area contributed by atoms with Crippen LogP contribution in [0, 0.1) is 11.3 Å². The van der Waals surface area contributed by atoms with E-state index in [4.69, 9.17) is 10.00 Å². The highest BCUT2D eigenvalue weighted by Gasteiger charge is 2.18. The molecule has 0 radical (unpaired) electrons. The summed E-state index contributed by atoms with van der Waals surface area (Å²) in [6, 6.07) is 9.93. The van der Waals surface area contributed by atoms with Crippen molar-refractivity contribution in [3.8, 4) is 6.07 Å². The first-order valence-electron chi connectivity index (χ1n) is 7.51. The van der Waals surface area contributed by atoms with E-state index >= 15 is 0 Å². The highest BCUT2D eigenvalue weighted by molar-refractivity contribution is 5.32. The molecule has 2 unspecified atom stereocenters. The topological polar surface area (TPSA) is 56.5 Å². The zero-order chi connectivity index (χ0) is 15.8. The molecular weight excluding hydrogens is 264 g/mol. The van der Waals surface area contributed by atoms with E-state index in [1.807, 2.05) is 38.1 Å². The van der Waals surface area contributed by atoms with Crippen LogP contribution in [0.1, 0.15) is 44.9 Å². The average Bonchev–Trinajstić information content (AvgIpc) is 2.50. The van der Waals surface area contributed by atoms with Crippen molar-refractivity contribution in [3.63, 3.8) is 0 Å². The molecule has 1 N–H and O–H groups in total. The summed E-state index contributed by atoms with van der Waals surface area (Å²) < 4.78 is 5.45. The van der Waals surface area contributed by atoms with Crippen LogP contribution in [0.25, 0.3) is 0 Å².